The molecule has 1 aromatic heterocycles. The van der Waals surface area contributed by atoms with Crippen LogP contribution < -0.4 is 0 Å². The summed E-state index contributed by atoms with van der Waals surface area (Å²) in [6.45, 7) is 0. The number of benzene rings is 8. The summed E-state index contributed by atoms with van der Waals surface area (Å²) in [5, 5.41) is 2.94. The van der Waals surface area contributed by atoms with Gasteiger partial charge in [0.1, 0.15) is 0 Å². The lowest BCUT2D eigenvalue weighted by Crippen LogP contribution is -2.41. The number of allylic oxidation sites excluding steroid dienone is 1. The molecule has 1 aliphatic heterocycles. The minimum absolute atomic E-state index is 0.289. The summed E-state index contributed by atoms with van der Waals surface area (Å²) in [4.78, 5) is 11.5. The van der Waals surface area contributed by atoms with E-state index in [0.717, 1.165) is 40.3 Å². The molecule has 0 N–H and O–H groups in total. The van der Waals surface area contributed by atoms with Gasteiger partial charge in [0.15, 0.2) is 5.82 Å². The molecule has 9 aromatic rings. The molecule has 2 aliphatic carbocycles. The predicted octanol–water partition coefficient (Wildman–Crippen LogP) is 14.5. The van der Waals surface area contributed by atoms with Gasteiger partial charge < -0.3 is 0 Å². The third-order valence-electron chi connectivity index (χ3n) is 12.9. The molecule has 278 valence electrons. The molecule has 2 heterocycles. The zero-order valence-electron chi connectivity index (χ0n) is 32.3. The SMILES string of the molecule is C1=Cc2ccccc2C2Sc3c(ccc4ccccc34)C3(c4ccccc4-c4cc(-c5ccc(-c6cc(-c7ccccc7)nc(-c7ccccc7)n6)cc5)ccc43)C2C1. The van der Waals surface area contributed by atoms with E-state index in [2.05, 4.69) is 194 Å². The third-order valence-corrected chi connectivity index (χ3v) is 14.4. The molecule has 8 aromatic carbocycles. The highest BCUT2D eigenvalue weighted by Crippen LogP contribution is 2.68. The Morgan fingerprint density at radius 1 is 0.475 bits per heavy atom. The van der Waals surface area contributed by atoms with E-state index in [-0.39, 0.29) is 10.7 Å². The second-order valence-corrected chi connectivity index (χ2v) is 17.1. The van der Waals surface area contributed by atoms with E-state index in [1.807, 2.05) is 24.3 Å². The molecule has 0 bridgehead atoms. The van der Waals surface area contributed by atoms with E-state index in [0.29, 0.717) is 5.92 Å². The van der Waals surface area contributed by atoms with Crippen LogP contribution in [0, 0.1) is 5.92 Å². The Hall–Kier alpha value is -6.81. The van der Waals surface area contributed by atoms with Gasteiger partial charge in [-0.15, -0.1) is 11.8 Å². The average Bonchev–Trinajstić information content (AvgIpc) is 3.45. The lowest BCUT2D eigenvalue weighted by molar-refractivity contribution is 0.362. The summed E-state index contributed by atoms with van der Waals surface area (Å²) in [5.41, 5.74) is 16.8. The summed E-state index contributed by atoms with van der Waals surface area (Å²) in [7, 11) is 0. The van der Waals surface area contributed by atoms with Gasteiger partial charge in [0.25, 0.3) is 0 Å². The van der Waals surface area contributed by atoms with Gasteiger partial charge in [-0.1, -0.05) is 194 Å². The molecule has 0 saturated heterocycles. The first-order valence-corrected chi connectivity index (χ1v) is 21.4. The van der Waals surface area contributed by atoms with Crippen molar-refractivity contribution in [2.24, 2.45) is 5.92 Å². The molecule has 3 aliphatic rings. The molecule has 0 fully saturated rings. The Kier molecular flexibility index (Phi) is 7.92. The standard InChI is InChI=1S/C56H38N2S/c1-3-16-39(17-4-1)51-35-52(58-55(57-51)41-18-5-2-6-19-41)40-28-26-36(27-29-40)42-31-32-48-46(34-42)45-23-11-12-24-47(45)56(48)49-25-13-20-37-14-7-9-21-43(37)53(49)59-54-44-22-10-8-15-38(44)30-33-50(54)56/h1-24,26-35,49,53H,25H2. The Morgan fingerprint density at radius 3 is 1.93 bits per heavy atom. The number of aromatic nitrogens is 2. The molecule has 0 radical (unpaired) electrons. The number of rotatable bonds is 4. The summed E-state index contributed by atoms with van der Waals surface area (Å²) < 4.78 is 0. The molecular weight excluding hydrogens is 733 g/mol. The van der Waals surface area contributed by atoms with E-state index in [4.69, 9.17) is 9.97 Å². The fourth-order valence-corrected chi connectivity index (χ4v) is 12.0. The van der Waals surface area contributed by atoms with E-state index in [1.54, 1.807) is 0 Å². The molecule has 2 nitrogen and oxygen atoms in total. The summed E-state index contributed by atoms with van der Waals surface area (Å²) in [6, 6.07) is 71.1. The fourth-order valence-electron chi connectivity index (χ4n) is 10.2. The van der Waals surface area contributed by atoms with Crippen LogP contribution in [0.4, 0.5) is 0 Å². The number of hydrogen-bond acceptors (Lipinski definition) is 3. The Bertz CT molecular complexity index is 3060. The predicted molar refractivity (Wildman–Crippen MR) is 245 cm³/mol. The van der Waals surface area contributed by atoms with Gasteiger partial charge in [0, 0.05) is 26.8 Å². The minimum Gasteiger partial charge on any atom is -0.228 e. The van der Waals surface area contributed by atoms with Crippen LogP contribution in [0.25, 0.3) is 73.0 Å². The maximum Gasteiger partial charge on any atom is 0.160 e. The monoisotopic (exact) mass is 770 g/mol. The minimum atomic E-state index is -0.314. The van der Waals surface area contributed by atoms with E-state index in [9.17, 15) is 0 Å². The highest BCUT2D eigenvalue weighted by Gasteiger charge is 2.56. The summed E-state index contributed by atoms with van der Waals surface area (Å²) in [6.07, 6.45) is 5.81. The van der Waals surface area contributed by atoms with Crippen LogP contribution in [0.3, 0.4) is 0 Å². The Morgan fingerprint density at radius 2 is 1.10 bits per heavy atom. The first-order chi connectivity index (χ1) is 29.2. The molecule has 0 saturated carbocycles. The summed E-state index contributed by atoms with van der Waals surface area (Å²) in [5.74, 6) is 1.05. The quantitative estimate of drug-likeness (QED) is 0.178. The molecule has 3 atom stereocenters. The van der Waals surface area contributed by atoms with Gasteiger partial charge in [-0.25, -0.2) is 9.97 Å². The number of hydrogen-bond donors (Lipinski definition) is 0. The maximum atomic E-state index is 5.10. The van der Waals surface area contributed by atoms with Gasteiger partial charge >= 0.3 is 0 Å². The van der Waals surface area contributed by atoms with Crippen molar-refractivity contribution in [3.05, 3.63) is 228 Å². The van der Waals surface area contributed by atoms with Crippen molar-refractivity contribution in [3.8, 4) is 56.2 Å². The van der Waals surface area contributed by atoms with E-state index >= 15 is 0 Å². The lowest BCUT2D eigenvalue weighted by atomic mass is 9.61. The van der Waals surface area contributed by atoms with Crippen molar-refractivity contribution in [1.29, 1.82) is 0 Å². The zero-order chi connectivity index (χ0) is 38.9. The molecule has 1 spiro atoms. The second kappa shape index (κ2) is 13.7. The second-order valence-electron chi connectivity index (χ2n) is 16.0. The highest BCUT2D eigenvalue weighted by atomic mass is 32.2. The van der Waals surface area contributed by atoms with Gasteiger partial charge in [0.2, 0.25) is 0 Å². The van der Waals surface area contributed by atoms with Crippen LogP contribution in [0.5, 0.6) is 0 Å². The smallest absolute Gasteiger partial charge is 0.160 e. The van der Waals surface area contributed by atoms with Gasteiger partial charge in [-0.2, -0.15) is 0 Å². The number of nitrogens with zero attached hydrogens (tertiary/aromatic N) is 2. The van der Waals surface area contributed by atoms with Crippen molar-refractivity contribution in [2.75, 3.05) is 0 Å². The largest absolute Gasteiger partial charge is 0.228 e. The Balaban J connectivity index is 1.00. The van der Waals surface area contributed by atoms with E-state index < -0.39 is 0 Å². The average molecular weight is 771 g/mol. The van der Waals surface area contributed by atoms with E-state index in [1.165, 1.54) is 65.7 Å². The van der Waals surface area contributed by atoms with Crippen molar-refractivity contribution in [1.82, 2.24) is 9.97 Å². The number of fused-ring (bicyclic) bond motifs is 13. The van der Waals surface area contributed by atoms with Crippen molar-refractivity contribution in [2.45, 2.75) is 22.0 Å². The topological polar surface area (TPSA) is 25.8 Å². The van der Waals surface area contributed by atoms with Crippen molar-refractivity contribution < 1.29 is 0 Å². The Labute approximate surface area is 349 Å². The van der Waals surface area contributed by atoms with Crippen LogP contribution in [-0.4, -0.2) is 9.97 Å². The zero-order valence-corrected chi connectivity index (χ0v) is 33.1. The van der Waals surface area contributed by atoms with Crippen LogP contribution in [0.15, 0.2) is 205 Å². The maximum absolute atomic E-state index is 5.10. The van der Waals surface area contributed by atoms with Crippen LogP contribution in [0.1, 0.15) is 39.5 Å². The van der Waals surface area contributed by atoms with Crippen molar-refractivity contribution >= 4 is 28.6 Å². The van der Waals surface area contributed by atoms with Crippen LogP contribution in [0.2, 0.25) is 0 Å². The third kappa shape index (κ3) is 5.35. The van der Waals surface area contributed by atoms with Gasteiger partial charge in [0.05, 0.1) is 16.8 Å². The molecule has 3 heteroatoms. The summed E-state index contributed by atoms with van der Waals surface area (Å²) >= 11 is 2.09. The first-order valence-electron chi connectivity index (χ1n) is 20.5. The highest BCUT2D eigenvalue weighted by molar-refractivity contribution is 8.00. The van der Waals surface area contributed by atoms with Gasteiger partial charge in [-0.3, -0.25) is 0 Å². The lowest BCUT2D eigenvalue weighted by Gasteiger charge is -2.48. The normalized spacial score (nSPS) is 18.4. The fraction of sp³-hybridized carbons (Fsp3) is 0.0714. The van der Waals surface area contributed by atoms with Crippen LogP contribution in [-0.2, 0) is 5.41 Å². The first kappa shape index (κ1) is 34.3. The molecular formula is C56H38N2S. The van der Waals surface area contributed by atoms with Gasteiger partial charge in [-0.05, 0) is 85.3 Å². The van der Waals surface area contributed by atoms with Crippen molar-refractivity contribution in [3.63, 3.8) is 0 Å². The number of thioether (sulfide) groups is 1. The molecule has 59 heavy (non-hydrogen) atoms. The molecule has 0 amide bonds. The van der Waals surface area contributed by atoms with Crippen LogP contribution >= 0.6 is 11.8 Å². The molecule has 12 rings (SSSR count). The molecule has 3 unspecified atom stereocenters.